The number of rotatable bonds is 3. The molecule has 2 aromatic rings. The molecule has 1 aliphatic heterocycles. The van der Waals surface area contributed by atoms with Gasteiger partial charge in [-0.25, -0.2) is 4.79 Å². The van der Waals surface area contributed by atoms with Gasteiger partial charge in [-0.15, -0.1) is 5.10 Å². The van der Waals surface area contributed by atoms with Crippen LogP contribution in [-0.4, -0.2) is 29.5 Å². The number of carbonyl (C=O) groups excluding carboxylic acids is 1. The summed E-state index contributed by atoms with van der Waals surface area (Å²) in [6.07, 6.45) is 0. The highest BCUT2D eigenvalue weighted by molar-refractivity contribution is 6.04. The van der Waals surface area contributed by atoms with Crippen molar-refractivity contribution >= 4 is 23.5 Å². The number of anilines is 1. The summed E-state index contributed by atoms with van der Waals surface area (Å²) >= 11 is 0. The van der Waals surface area contributed by atoms with E-state index in [2.05, 4.69) is 5.10 Å². The van der Waals surface area contributed by atoms with Crippen LogP contribution in [0.4, 0.5) is 5.69 Å². The zero-order valence-corrected chi connectivity index (χ0v) is 12.4. The average molecular weight is 310 g/mol. The summed E-state index contributed by atoms with van der Waals surface area (Å²) in [6.45, 7) is 1.86. The van der Waals surface area contributed by atoms with E-state index in [1.54, 1.807) is 12.1 Å². The number of ether oxygens (including phenoxy) is 1. The molecule has 1 amide bonds. The van der Waals surface area contributed by atoms with Crippen LogP contribution in [-0.2, 0) is 9.53 Å². The lowest BCUT2D eigenvalue weighted by Crippen LogP contribution is -2.36. The van der Waals surface area contributed by atoms with Crippen molar-refractivity contribution in [2.24, 2.45) is 5.10 Å². The maximum absolute atomic E-state index is 12.0. The van der Waals surface area contributed by atoms with E-state index in [0.29, 0.717) is 11.6 Å². The third kappa shape index (κ3) is 3.06. The third-order valence-corrected chi connectivity index (χ3v) is 3.42. The summed E-state index contributed by atoms with van der Waals surface area (Å²) in [7, 11) is 0. The molecule has 116 valence electrons. The molecular formula is C17H14N2O4. The second kappa shape index (κ2) is 5.92. The van der Waals surface area contributed by atoms with Crippen LogP contribution >= 0.6 is 0 Å². The minimum Gasteiger partial charge on any atom is -0.478 e. The normalized spacial score (nSPS) is 14.2. The van der Waals surface area contributed by atoms with Gasteiger partial charge in [-0.3, -0.25) is 4.79 Å². The van der Waals surface area contributed by atoms with Gasteiger partial charge in [0.25, 0.3) is 5.91 Å². The van der Waals surface area contributed by atoms with E-state index in [1.807, 2.05) is 31.2 Å². The fourth-order valence-electron chi connectivity index (χ4n) is 2.15. The molecule has 6 heteroatoms. The van der Waals surface area contributed by atoms with Gasteiger partial charge in [-0.1, -0.05) is 17.7 Å². The fourth-order valence-corrected chi connectivity index (χ4v) is 2.15. The lowest BCUT2D eigenvalue weighted by atomic mass is 10.1. The number of carboxylic acids is 1. The molecule has 3 rings (SSSR count). The highest BCUT2D eigenvalue weighted by Gasteiger charge is 2.24. The van der Waals surface area contributed by atoms with Crippen molar-refractivity contribution in [3.05, 3.63) is 65.2 Å². The van der Waals surface area contributed by atoms with Crippen LogP contribution in [0.1, 0.15) is 21.5 Å². The SMILES string of the molecule is Cc1ccc(C2=NN(c3ccc(C(=O)O)cc3)C(=O)CO2)cc1. The zero-order chi connectivity index (χ0) is 16.4. The van der Waals surface area contributed by atoms with Crippen molar-refractivity contribution < 1.29 is 19.4 Å². The zero-order valence-electron chi connectivity index (χ0n) is 12.4. The van der Waals surface area contributed by atoms with Crippen LogP contribution in [0.15, 0.2) is 53.6 Å². The Balaban J connectivity index is 1.93. The van der Waals surface area contributed by atoms with Gasteiger partial charge in [0.15, 0.2) is 6.61 Å². The van der Waals surface area contributed by atoms with E-state index in [9.17, 15) is 9.59 Å². The molecule has 1 N–H and O–H groups in total. The number of amides is 1. The van der Waals surface area contributed by atoms with Gasteiger partial charge in [0.1, 0.15) is 0 Å². The van der Waals surface area contributed by atoms with Gasteiger partial charge in [-0.2, -0.15) is 5.01 Å². The molecule has 0 saturated heterocycles. The minimum atomic E-state index is -1.02. The number of benzene rings is 2. The van der Waals surface area contributed by atoms with Crippen molar-refractivity contribution in [1.82, 2.24) is 0 Å². The summed E-state index contributed by atoms with van der Waals surface area (Å²) in [5.41, 5.74) is 2.53. The quantitative estimate of drug-likeness (QED) is 0.944. The summed E-state index contributed by atoms with van der Waals surface area (Å²) in [5.74, 6) is -0.982. The molecule has 23 heavy (non-hydrogen) atoms. The highest BCUT2D eigenvalue weighted by atomic mass is 16.5. The van der Waals surface area contributed by atoms with Crippen LogP contribution in [0.2, 0.25) is 0 Å². The Labute approximate surface area is 132 Å². The summed E-state index contributed by atoms with van der Waals surface area (Å²) < 4.78 is 5.39. The summed E-state index contributed by atoms with van der Waals surface area (Å²) in [5, 5.41) is 14.4. The first kappa shape index (κ1) is 14.8. The number of hydrogen-bond acceptors (Lipinski definition) is 4. The number of carboxylic acid groups (broad SMARTS) is 1. The van der Waals surface area contributed by atoms with E-state index in [1.165, 1.54) is 17.1 Å². The molecular weight excluding hydrogens is 296 g/mol. The fraction of sp³-hybridized carbons (Fsp3) is 0.118. The van der Waals surface area contributed by atoms with Gasteiger partial charge < -0.3 is 9.84 Å². The van der Waals surface area contributed by atoms with Crippen LogP contribution in [0.25, 0.3) is 0 Å². The average Bonchev–Trinajstić information content (AvgIpc) is 2.56. The third-order valence-electron chi connectivity index (χ3n) is 3.42. The van der Waals surface area contributed by atoms with E-state index >= 15 is 0 Å². The molecule has 2 aromatic carbocycles. The molecule has 0 aromatic heterocycles. The van der Waals surface area contributed by atoms with E-state index < -0.39 is 5.97 Å². The first-order valence-electron chi connectivity index (χ1n) is 6.99. The Bertz CT molecular complexity index is 779. The lowest BCUT2D eigenvalue weighted by Gasteiger charge is -2.24. The molecule has 6 nitrogen and oxygen atoms in total. The molecule has 1 heterocycles. The van der Waals surface area contributed by atoms with E-state index in [0.717, 1.165) is 11.1 Å². The van der Waals surface area contributed by atoms with E-state index in [4.69, 9.17) is 9.84 Å². The molecule has 0 aliphatic carbocycles. The molecule has 0 radical (unpaired) electrons. The topological polar surface area (TPSA) is 79.2 Å². The number of aryl methyl sites for hydroxylation is 1. The van der Waals surface area contributed by atoms with Crippen LogP contribution < -0.4 is 5.01 Å². The van der Waals surface area contributed by atoms with Crippen molar-refractivity contribution in [2.45, 2.75) is 6.92 Å². The maximum Gasteiger partial charge on any atom is 0.335 e. The predicted octanol–water partition coefficient (Wildman–Crippen LogP) is 2.42. The molecule has 0 fully saturated rings. The first-order valence-corrected chi connectivity index (χ1v) is 6.99. The smallest absolute Gasteiger partial charge is 0.335 e. The first-order chi connectivity index (χ1) is 11.0. The van der Waals surface area contributed by atoms with Gasteiger partial charge >= 0.3 is 5.97 Å². The number of hydrazone groups is 1. The number of carbonyl (C=O) groups is 2. The maximum atomic E-state index is 12.0. The minimum absolute atomic E-state index is 0.118. The lowest BCUT2D eigenvalue weighted by molar-refractivity contribution is -0.121. The van der Waals surface area contributed by atoms with Crippen molar-refractivity contribution in [3.8, 4) is 0 Å². The van der Waals surface area contributed by atoms with Crippen molar-refractivity contribution in [2.75, 3.05) is 11.6 Å². The van der Waals surface area contributed by atoms with Gasteiger partial charge in [0, 0.05) is 5.56 Å². The predicted molar refractivity (Wildman–Crippen MR) is 84.6 cm³/mol. The summed E-state index contributed by atoms with van der Waals surface area (Å²) in [6, 6.07) is 13.6. The molecule has 1 aliphatic rings. The molecule has 0 atom stereocenters. The Morgan fingerprint density at radius 3 is 2.39 bits per heavy atom. The van der Waals surface area contributed by atoms with Crippen LogP contribution in [0.3, 0.4) is 0 Å². The molecule has 0 unspecified atom stereocenters. The van der Waals surface area contributed by atoms with Gasteiger partial charge in [0.2, 0.25) is 5.90 Å². The molecule has 0 spiro atoms. The van der Waals surface area contributed by atoms with Crippen LogP contribution in [0, 0.1) is 6.92 Å². The Hall–Kier alpha value is -3.15. The largest absolute Gasteiger partial charge is 0.478 e. The molecule has 0 saturated carbocycles. The number of hydrogen-bond donors (Lipinski definition) is 1. The molecule has 0 bridgehead atoms. The van der Waals surface area contributed by atoms with Crippen molar-refractivity contribution in [1.29, 1.82) is 0 Å². The monoisotopic (exact) mass is 310 g/mol. The number of aromatic carboxylic acids is 1. The van der Waals surface area contributed by atoms with Crippen molar-refractivity contribution in [3.63, 3.8) is 0 Å². The van der Waals surface area contributed by atoms with E-state index in [-0.39, 0.29) is 18.1 Å². The second-order valence-corrected chi connectivity index (χ2v) is 5.12. The van der Waals surface area contributed by atoms with Gasteiger partial charge in [-0.05, 0) is 43.3 Å². The Morgan fingerprint density at radius 1 is 1.13 bits per heavy atom. The second-order valence-electron chi connectivity index (χ2n) is 5.12. The van der Waals surface area contributed by atoms with Gasteiger partial charge in [0.05, 0.1) is 11.3 Å². The Kier molecular flexibility index (Phi) is 3.80. The standard InChI is InChI=1S/C17H14N2O4/c1-11-2-4-12(5-3-11)16-18-19(15(20)10-23-16)14-8-6-13(7-9-14)17(21)22/h2-9H,10H2,1H3,(H,21,22). The van der Waals surface area contributed by atoms with Crippen LogP contribution in [0.5, 0.6) is 0 Å². The Morgan fingerprint density at radius 2 is 1.78 bits per heavy atom. The number of nitrogens with zero attached hydrogens (tertiary/aromatic N) is 2. The summed E-state index contributed by atoms with van der Waals surface area (Å²) in [4.78, 5) is 22.9. The highest BCUT2D eigenvalue weighted by Crippen LogP contribution is 2.20.